The minimum absolute atomic E-state index is 0.106. The van der Waals surface area contributed by atoms with Crippen molar-refractivity contribution in [2.45, 2.75) is 56.8 Å². The van der Waals surface area contributed by atoms with E-state index in [1.54, 1.807) is 12.1 Å². The molecule has 1 aromatic rings. The summed E-state index contributed by atoms with van der Waals surface area (Å²) in [6, 6.07) is 5.89. The lowest BCUT2D eigenvalue weighted by Crippen LogP contribution is -2.28. The van der Waals surface area contributed by atoms with E-state index in [2.05, 4.69) is 0 Å². The third-order valence-electron chi connectivity index (χ3n) is 5.80. The van der Waals surface area contributed by atoms with E-state index in [0.29, 0.717) is 31.8 Å². The molecule has 1 aliphatic carbocycles. The van der Waals surface area contributed by atoms with E-state index < -0.39 is 27.9 Å². The fourth-order valence-corrected chi connectivity index (χ4v) is 4.02. The Labute approximate surface area is 190 Å². The number of hydrogen-bond acceptors (Lipinski definition) is 7. The van der Waals surface area contributed by atoms with Crippen molar-refractivity contribution < 1.29 is 36.8 Å². The quantitative estimate of drug-likeness (QED) is 0.249. The van der Waals surface area contributed by atoms with Gasteiger partial charge in [0.25, 0.3) is 10.1 Å². The lowest BCUT2D eigenvalue weighted by molar-refractivity contribution is -0.154. The number of methoxy groups -OCH3 is 1. The van der Waals surface area contributed by atoms with Crippen LogP contribution in [-0.2, 0) is 33.9 Å². The molecule has 0 aromatic heterocycles. The van der Waals surface area contributed by atoms with Gasteiger partial charge in [0.2, 0.25) is 0 Å². The molecule has 3 unspecified atom stereocenters. The highest BCUT2D eigenvalue weighted by atomic mass is 32.2. The van der Waals surface area contributed by atoms with Gasteiger partial charge < -0.3 is 14.2 Å². The van der Waals surface area contributed by atoms with Gasteiger partial charge in [0.1, 0.15) is 6.61 Å². The van der Waals surface area contributed by atoms with Crippen LogP contribution < -0.4 is 0 Å². The first-order valence-corrected chi connectivity index (χ1v) is 12.5. The van der Waals surface area contributed by atoms with E-state index in [4.69, 9.17) is 18.8 Å². The van der Waals surface area contributed by atoms with Crippen LogP contribution in [0.1, 0.15) is 57.4 Å². The van der Waals surface area contributed by atoms with E-state index in [9.17, 15) is 18.0 Å². The minimum atomic E-state index is -4.27. The Morgan fingerprint density at radius 1 is 1.03 bits per heavy atom. The lowest BCUT2D eigenvalue weighted by atomic mass is 9.84. The fraction of sp³-hybridized carbons (Fsp3) is 0.652. The normalized spacial score (nSPS) is 16.8. The largest absolute Gasteiger partial charge is 0.465 e. The predicted octanol–water partition coefficient (Wildman–Crippen LogP) is 3.60. The van der Waals surface area contributed by atoms with Crippen LogP contribution in [0.2, 0.25) is 0 Å². The Morgan fingerprint density at radius 2 is 1.66 bits per heavy atom. The lowest BCUT2D eigenvalue weighted by Gasteiger charge is -2.24. The molecule has 1 aromatic carbocycles. The van der Waals surface area contributed by atoms with Gasteiger partial charge in [0.15, 0.2) is 0 Å². The summed E-state index contributed by atoms with van der Waals surface area (Å²) in [7, 11) is -2.75. The molecule has 8 nitrogen and oxygen atoms in total. The highest BCUT2D eigenvalue weighted by Crippen LogP contribution is 2.32. The monoisotopic (exact) mass is 470 g/mol. The van der Waals surface area contributed by atoms with Gasteiger partial charge in [-0.05, 0) is 61.6 Å². The van der Waals surface area contributed by atoms with Gasteiger partial charge in [0, 0.05) is 7.11 Å². The Balaban J connectivity index is 2.08. The number of carbonyl (C=O) groups is 2. The molecule has 1 fully saturated rings. The van der Waals surface area contributed by atoms with Gasteiger partial charge in [0.05, 0.1) is 29.9 Å². The van der Waals surface area contributed by atoms with Crippen molar-refractivity contribution >= 4 is 22.1 Å². The van der Waals surface area contributed by atoms with Crippen LogP contribution in [0, 0.1) is 17.8 Å². The Bertz CT molecular complexity index is 845. The standard InChI is InChI=1S/C23H34O8S/c1-4-18(22(24)31-15-17-5-6-17)14-20(23(25)30-12-11-29-3)13-16(2)19-7-9-21(10-8-19)32(26,27)28/h7-10,16-18,20H,4-6,11-15H2,1-3H3,(H,26,27,28). The molecule has 0 bridgehead atoms. The van der Waals surface area contributed by atoms with Gasteiger partial charge in [-0.2, -0.15) is 8.42 Å². The molecule has 0 aliphatic heterocycles. The van der Waals surface area contributed by atoms with Gasteiger partial charge in [-0.3, -0.25) is 14.1 Å². The molecular weight excluding hydrogens is 436 g/mol. The molecule has 1 saturated carbocycles. The van der Waals surface area contributed by atoms with Crippen molar-refractivity contribution in [3.8, 4) is 0 Å². The van der Waals surface area contributed by atoms with E-state index in [1.807, 2.05) is 13.8 Å². The third-order valence-corrected chi connectivity index (χ3v) is 6.67. The number of ether oxygens (including phenoxy) is 3. The fourth-order valence-electron chi connectivity index (χ4n) is 3.54. The maximum absolute atomic E-state index is 12.8. The van der Waals surface area contributed by atoms with E-state index in [1.165, 1.54) is 19.2 Å². The molecule has 32 heavy (non-hydrogen) atoms. The summed E-state index contributed by atoms with van der Waals surface area (Å²) in [6.07, 6.45) is 3.48. The average Bonchev–Trinajstić information content (AvgIpc) is 3.59. The molecule has 1 N–H and O–H groups in total. The van der Waals surface area contributed by atoms with Crippen LogP contribution in [0.3, 0.4) is 0 Å². The molecule has 9 heteroatoms. The third kappa shape index (κ3) is 8.52. The average molecular weight is 471 g/mol. The maximum Gasteiger partial charge on any atom is 0.309 e. The van der Waals surface area contributed by atoms with Crippen molar-refractivity contribution in [2.24, 2.45) is 17.8 Å². The summed E-state index contributed by atoms with van der Waals surface area (Å²) in [6.45, 7) is 4.67. The number of hydrogen-bond donors (Lipinski definition) is 1. The predicted molar refractivity (Wildman–Crippen MR) is 118 cm³/mol. The molecule has 0 heterocycles. The van der Waals surface area contributed by atoms with Crippen molar-refractivity contribution in [3.05, 3.63) is 29.8 Å². The summed E-state index contributed by atoms with van der Waals surface area (Å²) < 4.78 is 47.4. The molecule has 3 atom stereocenters. The first kappa shape index (κ1) is 26.3. The van der Waals surface area contributed by atoms with Gasteiger partial charge in [-0.1, -0.05) is 26.0 Å². The van der Waals surface area contributed by atoms with Crippen molar-refractivity contribution in [1.29, 1.82) is 0 Å². The second-order valence-corrected chi connectivity index (χ2v) is 9.87. The zero-order valence-electron chi connectivity index (χ0n) is 19.0. The van der Waals surface area contributed by atoms with E-state index >= 15 is 0 Å². The summed E-state index contributed by atoms with van der Waals surface area (Å²) in [5, 5.41) is 0. The molecule has 2 rings (SSSR count). The van der Waals surface area contributed by atoms with Crippen molar-refractivity contribution in [3.63, 3.8) is 0 Å². The Morgan fingerprint density at radius 3 is 2.19 bits per heavy atom. The van der Waals surface area contributed by atoms with E-state index in [-0.39, 0.29) is 30.0 Å². The van der Waals surface area contributed by atoms with Crippen molar-refractivity contribution in [1.82, 2.24) is 0 Å². The van der Waals surface area contributed by atoms with Crippen LogP contribution in [0.4, 0.5) is 0 Å². The number of benzene rings is 1. The molecule has 1 aliphatic rings. The number of esters is 2. The highest BCUT2D eigenvalue weighted by Gasteiger charge is 2.31. The SMILES string of the molecule is CCC(CC(CC(C)c1ccc(S(=O)(=O)O)cc1)C(=O)OCCOC)C(=O)OCC1CC1. The zero-order chi connectivity index (χ0) is 23.7. The molecule has 0 radical (unpaired) electrons. The number of rotatable bonds is 14. The smallest absolute Gasteiger partial charge is 0.309 e. The molecule has 180 valence electrons. The van der Waals surface area contributed by atoms with Crippen LogP contribution in [0.5, 0.6) is 0 Å². The van der Waals surface area contributed by atoms with Crippen LogP contribution in [0.15, 0.2) is 29.2 Å². The Hall–Kier alpha value is -1.97. The topological polar surface area (TPSA) is 116 Å². The van der Waals surface area contributed by atoms with Gasteiger partial charge >= 0.3 is 11.9 Å². The summed E-state index contributed by atoms with van der Waals surface area (Å²) in [5.74, 6) is -1.23. The minimum Gasteiger partial charge on any atom is -0.465 e. The van der Waals surface area contributed by atoms with E-state index in [0.717, 1.165) is 18.4 Å². The van der Waals surface area contributed by atoms with Gasteiger partial charge in [-0.15, -0.1) is 0 Å². The first-order valence-electron chi connectivity index (χ1n) is 11.0. The molecule has 0 amide bonds. The maximum atomic E-state index is 12.8. The second-order valence-electron chi connectivity index (χ2n) is 8.45. The highest BCUT2D eigenvalue weighted by molar-refractivity contribution is 7.85. The molecule has 0 saturated heterocycles. The zero-order valence-corrected chi connectivity index (χ0v) is 19.8. The summed E-state index contributed by atoms with van der Waals surface area (Å²) >= 11 is 0. The van der Waals surface area contributed by atoms with Crippen molar-refractivity contribution in [2.75, 3.05) is 26.9 Å². The first-order chi connectivity index (χ1) is 15.2. The molecule has 0 spiro atoms. The second kappa shape index (κ2) is 12.3. The van der Waals surface area contributed by atoms with Crippen LogP contribution in [0.25, 0.3) is 0 Å². The number of carbonyl (C=O) groups excluding carboxylic acids is 2. The molecular formula is C23H34O8S. The van der Waals surface area contributed by atoms with Gasteiger partial charge in [-0.25, -0.2) is 0 Å². The van der Waals surface area contributed by atoms with Crippen LogP contribution >= 0.6 is 0 Å². The summed E-state index contributed by atoms with van der Waals surface area (Å²) in [4.78, 5) is 25.1. The van der Waals surface area contributed by atoms with Crippen LogP contribution in [-0.4, -0.2) is 51.8 Å². The Kier molecular flexibility index (Phi) is 10.1. The summed E-state index contributed by atoms with van der Waals surface area (Å²) in [5.41, 5.74) is 0.816.